The number of rotatable bonds is 1. The molecule has 0 radical (unpaired) electrons. The molecule has 2 heteroatoms. The van der Waals surface area contributed by atoms with Crippen molar-refractivity contribution in [3.8, 4) is 0 Å². The SMILES string of the molecule is CC(C)P1CCCOC1. The van der Waals surface area contributed by atoms with Gasteiger partial charge in [0.25, 0.3) is 0 Å². The van der Waals surface area contributed by atoms with Crippen LogP contribution in [-0.2, 0) is 4.74 Å². The summed E-state index contributed by atoms with van der Waals surface area (Å²) < 4.78 is 5.37. The van der Waals surface area contributed by atoms with E-state index in [1.807, 2.05) is 0 Å². The summed E-state index contributed by atoms with van der Waals surface area (Å²) in [6, 6.07) is 0. The van der Waals surface area contributed by atoms with Crippen LogP contribution in [0.4, 0.5) is 0 Å². The fraction of sp³-hybridized carbons (Fsp3) is 1.00. The van der Waals surface area contributed by atoms with Gasteiger partial charge in [0.1, 0.15) is 0 Å². The Labute approximate surface area is 58.5 Å². The van der Waals surface area contributed by atoms with Gasteiger partial charge in [-0.25, -0.2) is 0 Å². The van der Waals surface area contributed by atoms with Crippen molar-refractivity contribution in [1.82, 2.24) is 0 Å². The smallest absolute Gasteiger partial charge is 0.0661 e. The maximum absolute atomic E-state index is 5.37. The van der Waals surface area contributed by atoms with Crippen molar-refractivity contribution >= 4 is 7.92 Å². The molecule has 1 fully saturated rings. The first kappa shape index (κ1) is 7.50. The maximum Gasteiger partial charge on any atom is 0.0661 e. The molecule has 0 aromatic rings. The monoisotopic (exact) mass is 146 g/mol. The summed E-state index contributed by atoms with van der Waals surface area (Å²) in [6.07, 6.45) is 3.80. The minimum absolute atomic E-state index is 0.247. The van der Waals surface area contributed by atoms with E-state index in [2.05, 4.69) is 13.8 Å². The van der Waals surface area contributed by atoms with Gasteiger partial charge in [0.05, 0.1) is 6.35 Å². The Kier molecular flexibility index (Phi) is 2.94. The molecule has 0 spiro atoms. The highest BCUT2D eigenvalue weighted by Gasteiger charge is 2.15. The molecule has 0 aromatic heterocycles. The van der Waals surface area contributed by atoms with Gasteiger partial charge in [0.15, 0.2) is 0 Å². The van der Waals surface area contributed by atoms with Crippen molar-refractivity contribution in [3.05, 3.63) is 0 Å². The zero-order valence-corrected chi connectivity index (χ0v) is 7.16. The molecule has 54 valence electrons. The standard InChI is InChI=1S/C7H15OP/c1-7(2)9-5-3-4-8-6-9/h7H,3-6H2,1-2H3. The lowest BCUT2D eigenvalue weighted by Gasteiger charge is -2.25. The molecule has 1 aliphatic rings. The van der Waals surface area contributed by atoms with E-state index < -0.39 is 0 Å². The molecule has 0 saturated carbocycles. The fourth-order valence-electron chi connectivity index (χ4n) is 1.02. The molecule has 1 unspecified atom stereocenters. The summed E-state index contributed by atoms with van der Waals surface area (Å²) in [5, 5.41) is 0. The van der Waals surface area contributed by atoms with Crippen LogP contribution in [0.25, 0.3) is 0 Å². The van der Waals surface area contributed by atoms with Crippen molar-refractivity contribution in [2.45, 2.75) is 25.9 Å². The molecular weight excluding hydrogens is 131 g/mol. The van der Waals surface area contributed by atoms with Crippen LogP contribution in [0.3, 0.4) is 0 Å². The topological polar surface area (TPSA) is 9.23 Å². The third-order valence-electron chi connectivity index (χ3n) is 1.72. The highest BCUT2D eigenvalue weighted by molar-refractivity contribution is 7.58. The Morgan fingerprint density at radius 2 is 2.22 bits per heavy atom. The van der Waals surface area contributed by atoms with Crippen LogP contribution in [0.2, 0.25) is 0 Å². The number of ether oxygens (including phenoxy) is 1. The van der Waals surface area contributed by atoms with Gasteiger partial charge in [-0.15, -0.1) is 0 Å². The van der Waals surface area contributed by atoms with Crippen molar-refractivity contribution in [2.75, 3.05) is 19.1 Å². The van der Waals surface area contributed by atoms with Gasteiger partial charge < -0.3 is 4.74 Å². The molecule has 1 aliphatic heterocycles. The van der Waals surface area contributed by atoms with Crippen LogP contribution >= 0.6 is 7.92 Å². The predicted octanol–water partition coefficient (Wildman–Crippen LogP) is 2.25. The lowest BCUT2D eigenvalue weighted by atomic mass is 10.5. The fourth-order valence-corrected chi connectivity index (χ4v) is 2.87. The largest absolute Gasteiger partial charge is 0.377 e. The Hall–Kier alpha value is 0.390. The van der Waals surface area contributed by atoms with Crippen LogP contribution < -0.4 is 0 Å². The average molecular weight is 146 g/mol. The zero-order chi connectivity index (χ0) is 6.69. The lowest BCUT2D eigenvalue weighted by molar-refractivity contribution is 0.171. The molecule has 0 aromatic carbocycles. The molecule has 1 atom stereocenters. The number of hydrogen-bond acceptors (Lipinski definition) is 1. The van der Waals surface area contributed by atoms with Crippen LogP contribution in [-0.4, -0.2) is 24.8 Å². The average Bonchev–Trinajstić information content (AvgIpc) is 1.90. The minimum atomic E-state index is 0.247. The van der Waals surface area contributed by atoms with Crippen molar-refractivity contribution < 1.29 is 4.74 Å². The molecule has 0 amide bonds. The van der Waals surface area contributed by atoms with Gasteiger partial charge >= 0.3 is 0 Å². The Balaban J connectivity index is 2.23. The van der Waals surface area contributed by atoms with Crippen LogP contribution in [0, 0.1) is 0 Å². The van der Waals surface area contributed by atoms with E-state index in [1.54, 1.807) is 0 Å². The van der Waals surface area contributed by atoms with Gasteiger partial charge in [-0.3, -0.25) is 0 Å². The first-order valence-corrected chi connectivity index (χ1v) is 5.40. The highest BCUT2D eigenvalue weighted by atomic mass is 31.1. The second kappa shape index (κ2) is 3.53. The summed E-state index contributed by atoms with van der Waals surface area (Å²) in [4.78, 5) is 0. The maximum atomic E-state index is 5.37. The molecule has 1 saturated heterocycles. The van der Waals surface area contributed by atoms with Gasteiger partial charge in [0, 0.05) is 6.61 Å². The van der Waals surface area contributed by atoms with E-state index in [4.69, 9.17) is 4.74 Å². The van der Waals surface area contributed by atoms with Gasteiger partial charge in [-0.2, -0.15) is 0 Å². The third kappa shape index (κ3) is 2.23. The molecule has 0 aliphatic carbocycles. The second-order valence-electron chi connectivity index (χ2n) is 2.80. The predicted molar refractivity (Wildman–Crippen MR) is 42.4 cm³/mol. The van der Waals surface area contributed by atoms with Crippen molar-refractivity contribution in [2.24, 2.45) is 0 Å². The third-order valence-corrected chi connectivity index (χ3v) is 4.59. The number of hydrogen-bond donors (Lipinski definition) is 0. The lowest BCUT2D eigenvalue weighted by Crippen LogP contribution is -2.11. The van der Waals surface area contributed by atoms with Gasteiger partial charge in [0.2, 0.25) is 0 Å². The Morgan fingerprint density at radius 3 is 2.56 bits per heavy atom. The van der Waals surface area contributed by atoms with Crippen LogP contribution in [0.15, 0.2) is 0 Å². The van der Waals surface area contributed by atoms with E-state index in [9.17, 15) is 0 Å². The minimum Gasteiger partial charge on any atom is -0.377 e. The summed E-state index contributed by atoms with van der Waals surface area (Å²) in [5.41, 5.74) is 0.875. The van der Waals surface area contributed by atoms with E-state index in [0.29, 0.717) is 0 Å². The Morgan fingerprint density at radius 1 is 1.44 bits per heavy atom. The summed E-state index contributed by atoms with van der Waals surface area (Å²) in [7, 11) is 0.247. The quantitative estimate of drug-likeness (QED) is 0.515. The van der Waals surface area contributed by atoms with E-state index >= 15 is 0 Å². The van der Waals surface area contributed by atoms with Gasteiger partial charge in [-0.1, -0.05) is 21.8 Å². The molecule has 9 heavy (non-hydrogen) atoms. The zero-order valence-electron chi connectivity index (χ0n) is 6.26. The molecule has 1 nitrogen and oxygen atoms in total. The molecule has 0 bridgehead atoms. The van der Waals surface area contributed by atoms with E-state index in [1.165, 1.54) is 12.6 Å². The molecule has 1 heterocycles. The van der Waals surface area contributed by atoms with Crippen molar-refractivity contribution in [3.63, 3.8) is 0 Å². The molecule has 0 N–H and O–H groups in total. The van der Waals surface area contributed by atoms with Gasteiger partial charge in [-0.05, 0) is 18.2 Å². The first-order valence-electron chi connectivity index (χ1n) is 3.62. The van der Waals surface area contributed by atoms with E-state index in [-0.39, 0.29) is 7.92 Å². The van der Waals surface area contributed by atoms with Crippen LogP contribution in [0.1, 0.15) is 20.3 Å². The second-order valence-corrected chi connectivity index (χ2v) is 5.71. The normalized spacial score (nSPS) is 29.0. The molecule has 1 rings (SSSR count). The van der Waals surface area contributed by atoms with E-state index in [0.717, 1.165) is 18.6 Å². The van der Waals surface area contributed by atoms with Crippen molar-refractivity contribution in [1.29, 1.82) is 0 Å². The molecular formula is C7H15OP. The first-order chi connectivity index (χ1) is 4.30. The summed E-state index contributed by atoms with van der Waals surface area (Å²) in [6.45, 7) is 5.62. The van der Waals surface area contributed by atoms with Crippen LogP contribution in [0.5, 0.6) is 0 Å². The summed E-state index contributed by atoms with van der Waals surface area (Å²) in [5.74, 6) is 0. The summed E-state index contributed by atoms with van der Waals surface area (Å²) >= 11 is 0. The Bertz CT molecular complexity index is 77.0. The highest BCUT2D eigenvalue weighted by Crippen LogP contribution is 2.43.